The molecular weight excluding hydrogens is 240 g/mol. The molecule has 1 fully saturated rings. The predicted octanol–water partition coefficient (Wildman–Crippen LogP) is 1.61. The maximum atomic E-state index is 11.3. The lowest BCUT2D eigenvalue weighted by atomic mass is 9.97. The van der Waals surface area contributed by atoms with Crippen molar-refractivity contribution in [2.75, 3.05) is 13.2 Å². The van der Waals surface area contributed by atoms with Crippen LogP contribution in [-0.4, -0.2) is 51.1 Å². The SMILES string of the molecule is CC1(C)C(C=O)N(CCCCO)C(C)(C)N1Cl. The Labute approximate surface area is 109 Å². The van der Waals surface area contributed by atoms with Gasteiger partial charge in [-0.3, -0.25) is 4.90 Å². The zero-order valence-electron chi connectivity index (χ0n) is 11.1. The summed E-state index contributed by atoms with van der Waals surface area (Å²) >= 11 is 6.36. The number of hydrogen-bond donors (Lipinski definition) is 1. The Morgan fingerprint density at radius 3 is 2.35 bits per heavy atom. The van der Waals surface area contributed by atoms with Crippen LogP contribution in [0.4, 0.5) is 0 Å². The number of nitrogens with zero attached hydrogens (tertiary/aromatic N) is 2. The van der Waals surface area contributed by atoms with Crippen molar-refractivity contribution in [1.29, 1.82) is 0 Å². The highest BCUT2D eigenvalue weighted by molar-refractivity contribution is 6.14. The van der Waals surface area contributed by atoms with E-state index >= 15 is 0 Å². The Morgan fingerprint density at radius 2 is 1.88 bits per heavy atom. The molecule has 5 heteroatoms. The van der Waals surface area contributed by atoms with Crippen molar-refractivity contribution in [2.24, 2.45) is 0 Å². The van der Waals surface area contributed by atoms with Gasteiger partial charge in [0.25, 0.3) is 0 Å². The van der Waals surface area contributed by atoms with E-state index < -0.39 is 0 Å². The molecule has 0 aromatic carbocycles. The Hall–Kier alpha value is -0.160. The molecular formula is C12H23ClN2O2. The fourth-order valence-electron chi connectivity index (χ4n) is 2.70. The first-order valence-electron chi connectivity index (χ1n) is 6.09. The van der Waals surface area contributed by atoms with E-state index in [2.05, 4.69) is 4.90 Å². The molecule has 0 bridgehead atoms. The fourth-order valence-corrected chi connectivity index (χ4v) is 2.90. The normalized spacial score (nSPS) is 28.5. The summed E-state index contributed by atoms with van der Waals surface area (Å²) in [6, 6.07) is -0.214. The third kappa shape index (κ3) is 2.50. The monoisotopic (exact) mass is 262 g/mol. The van der Waals surface area contributed by atoms with Gasteiger partial charge in [0.1, 0.15) is 6.29 Å². The Kier molecular flexibility index (Phi) is 4.58. The molecule has 100 valence electrons. The van der Waals surface area contributed by atoms with Crippen LogP contribution in [0, 0.1) is 0 Å². The number of halogens is 1. The van der Waals surface area contributed by atoms with Crippen molar-refractivity contribution >= 4 is 18.1 Å². The maximum Gasteiger partial charge on any atom is 0.139 e. The second kappa shape index (κ2) is 5.22. The van der Waals surface area contributed by atoms with Crippen molar-refractivity contribution in [3.63, 3.8) is 0 Å². The van der Waals surface area contributed by atoms with E-state index in [0.717, 1.165) is 25.7 Å². The zero-order valence-corrected chi connectivity index (χ0v) is 11.9. The molecule has 0 aromatic heterocycles. The molecule has 0 aliphatic carbocycles. The van der Waals surface area contributed by atoms with Crippen LogP contribution in [0.2, 0.25) is 0 Å². The number of carbonyl (C=O) groups is 1. The summed E-state index contributed by atoms with van der Waals surface area (Å²) in [5.74, 6) is 0. The van der Waals surface area contributed by atoms with Crippen molar-refractivity contribution in [2.45, 2.75) is 57.8 Å². The number of unbranched alkanes of at least 4 members (excludes halogenated alkanes) is 1. The summed E-state index contributed by atoms with van der Waals surface area (Å²) in [5, 5.41) is 8.82. The van der Waals surface area contributed by atoms with Gasteiger partial charge in [0.15, 0.2) is 0 Å². The molecule has 4 nitrogen and oxygen atoms in total. The number of aldehydes is 1. The molecule has 1 N–H and O–H groups in total. The van der Waals surface area contributed by atoms with Gasteiger partial charge in [-0.1, -0.05) is 0 Å². The van der Waals surface area contributed by atoms with Crippen molar-refractivity contribution in [3.8, 4) is 0 Å². The Morgan fingerprint density at radius 1 is 1.29 bits per heavy atom. The summed E-state index contributed by atoms with van der Waals surface area (Å²) in [6.07, 6.45) is 2.59. The average Bonchev–Trinajstić information content (AvgIpc) is 2.38. The van der Waals surface area contributed by atoms with Gasteiger partial charge in [0, 0.05) is 13.2 Å². The van der Waals surface area contributed by atoms with Gasteiger partial charge < -0.3 is 9.90 Å². The first-order chi connectivity index (χ1) is 7.80. The summed E-state index contributed by atoms with van der Waals surface area (Å²) < 4.78 is 1.73. The Bertz CT molecular complexity index is 282. The van der Waals surface area contributed by atoms with Gasteiger partial charge >= 0.3 is 0 Å². The lowest BCUT2D eigenvalue weighted by Gasteiger charge is -2.36. The molecule has 17 heavy (non-hydrogen) atoms. The molecule has 1 aliphatic rings. The van der Waals surface area contributed by atoms with Gasteiger partial charge in [-0.15, -0.1) is 0 Å². The van der Waals surface area contributed by atoms with Crippen LogP contribution in [0.25, 0.3) is 0 Å². The van der Waals surface area contributed by atoms with Gasteiger partial charge in [0.2, 0.25) is 0 Å². The average molecular weight is 263 g/mol. The number of carbonyl (C=O) groups excluding carboxylic acids is 1. The number of aliphatic hydroxyl groups excluding tert-OH is 1. The van der Waals surface area contributed by atoms with Gasteiger partial charge in [-0.05, 0) is 52.3 Å². The molecule has 1 rings (SSSR count). The van der Waals surface area contributed by atoms with Crippen molar-refractivity contribution < 1.29 is 9.90 Å². The number of rotatable bonds is 5. The molecule has 1 atom stereocenters. The smallest absolute Gasteiger partial charge is 0.139 e. The zero-order chi connectivity index (χ0) is 13.3. The van der Waals surface area contributed by atoms with Crippen molar-refractivity contribution in [3.05, 3.63) is 0 Å². The predicted molar refractivity (Wildman–Crippen MR) is 68.7 cm³/mol. The van der Waals surface area contributed by atoms with Crippen LogP contribution >= 0.6 is 11.8 Å². The van der Waals surface area contributed by atoms with E-state index in [1.54, 1.807) is 4.42 Å². The first-order valence-corrected chi connectivity index (χ1v) is 6.43. The summed E-state index contributed by atoms with van der Waals surface area (Å²) in [7, 11) is 0. The van der Waals surface area contributed by atoms with E-state index in [9.17, 15) is 4.79 Å². The Balaban J connectivity index is 2.88. The standard InChI is InChI=1S/C12H23ClN2O2/c1-11(2)10(9-17)14(7-5-6-8-16)12(3,4)15(11)13/h9-10,16H,5-8H2,1-4H3. The maximum absolute atomic E-state index is 11.3. The molecule has 0 amide bonds. The number of aliphatic hydroxyl groups is 1. The van der Waals surface area contributed by atoms with Gasteiger partial charge in [-0.2, -0.15) is 4.42 Å². The van der Waals surface area contributed by atoms with Crippen LogP contribution in [0.3, 0.4) is 0 Å². The van der Waals surface area contributed by atoms with E-state index in [1.807, 2.05) is 27.7 Å². The minimum atomic E-state index is -0.383. The number of hydrogen-bond acceptors (Lipinski definition) is 4. The highest BCUT2D eigenvalue weighted by Gasteiger charge is 2.56. The fraction of sp³-hybridized carbons (Fsp3) is 0.917. The largest absolute Gasteiger partial charge is 0.396 e. The summed E-state index contributed by atoms with van der Waals surface area (Å²) in [4.78, 5) is 13.4. The second-order valence-electron chi connectivity index (χ2n) is 5.63. The van der Waals surface area contributed by atoms with E-state index in [0.29, 0.717) is 0 Å². The lowest BCUT2D eigenvalue weighted by molar-refractivity contribution is -0.113. The summed E-state index contributed by atoms with van der Waals surface area (Å²) in [6.45, 7) is 8.95. The third-order valence-corrected chi connectivity index (χ3v) is 4.53. The molecule has 1 heterocycles. The molecule has 0 radical (unpaired) electrons. The van der Waals surface area contributed by atoms with Crippen LogP contribution in [0.1, 0.15) is 40.5 Å². The van der Waals surface area contributed by atoms with E-state index in [4.69, 9.17) is 16.9 Å². The van der Waals surface area contributed by atoms with Crippen LogP contribution in [0.15, 0.2) is 0 Å². The molecule has 0 spiro atoms. The molecule has 1 unspecified atom stereocenters. The minimum absolute atomic E-state index is 0.188. The molecule has 1 saturated heterocycles. The highest BCUT2D eigenvalue weighted by atomic mass is 35.5. The topological polar surface area (TPSA) is 43.8 Å². The first kappa shape index (κ1) is 14.9. The lowest BCUT2D eigenvalue weighted by Crippen LogP contribution is -2.47. The van der Waals surface area contributed by atoms with Crippen LogP contribution in [0.5, 0.6) is 0 Å². The van der Waals surface area contributed by atoms with Gasteiger partial charge in [-0.25, -0.2) is 0 Å². The van der Waals surface area contributed by atoms with Crippen molar-refractivity contribution in [1.82, 2.24) is 9.32 Å². The molecule has 1 aliphatic heterocycles. The second-order valence-corrected chi connectivity index (χ2v) is 5.97. The van der Waals surface area contributed by atoms with Crippen LogP contribution in [-0.2, 0) is 4.79 Å². The van der Waals surface area contributed by atoms with Crippen LogP contribution < -0.4 is 0 Å². The highest BCUT2D eigenvalue weighted by Crippen LogP contribution is 2.42. The molecule has 0 saturated carbocycles. The molecule has 0 aromatic rings. The quantitative estimate of drug-likeness (QED) is 0.465. The van der Waals surface area contributed by atoms with E-state index in [1.165, 1.54) is 0 Å². The van der Waals surface area contributed by atoms with E-state index in [-0.39, 0.29) is 23.9 Å². The van der Waals surface area contributed by atoms with Gasteiger partial charge in [0.05, 0.1) is 17.2 Å². The summed E-state index contributed by atoms with van der Waals surface area (Å²) in [5.41, 5.74) is -0.738. The third-order valence-electron chi connectivity index (χ3n) is 3.68. The minimum Gasteiger partial charge on any atom is -0.396 e.